The zero-order valence-corrected chi connectivity index (χ0v) is 12.0. The van der Waals surface area contributed by atoms with Gasteiger partial charge in [0.2, 0.25) is 0 Å². The molecule has 19 heavy (non-hydrogen) atoms. The van der Waals surface area contributed by atoms with Crippen LogP contribution in [0.2, 0.25) is 5.02 Å². The van der Waals surface area contributed by atoms with Gasteiger partial charge in [0.1, 0.15) is 5.75 Å². The lowest BCUT2D eigenvalue weighted by atomic mass is 10.0. The summed E-state index contributed by atoms with van der Waals surface area (Å²) in [6.07, 6.45) is 2.09. The fraction of sp³-hybridized carbons (Fsp3) is 0.500. The summed E-state index contributed by atoms with van der Waals surface area (Å²) in [6.45, 7) is 1.95. The van der Waals surface area contributed by atoms with Crippen LogP contribution in [0, 0.1) is 0 Å². The van der Waals surface area contributed by atoms with Crippen LogP contribution in [0.4, 0.5) is 0 Å². The number of aromatic hydroxyl groups is 1. The number of likely N-dealkylation sites (N-methyl/N-ethyl adjacent to an activating group) is 2. The SMILES string of the molecule is CN1CCCC(N(C)C(=O)c2cc(O)ccc2Cl)C1. The molecular weight excluding hydrogens is 264 g/mol. The molecule has 1 aromatic rings. The molecule has 1 atom stereocenters. The van der Waals surface area contributed by atoms with Crippen molar-refractivity contribution in [3.8, 4) is 5.75 Å². The molecule has 1 aliphatic rings. The molecule has 1 saturated heterocycles. The van der Waals surface area contributed by atoms with Crippen LogP contribution in [0.3, 0.4) is 0 Å². The third kappa shape index (κ3) is 3.19. The molecule has 104 valence electrons. The number of amides is 1. The summed E-state index contributed by atoms with van der Waals surface area (Å²) in [5, 5.41) is 9.86. The van der Waals surface area contributed by atoms with Crippen molar-refractivity contribution >= 4 is 17.5 Å². The van der Waals surface area contributed by atoms with Crippen molar-refractivity contribution in [1.82, 2.24) is 9.80 Å². The predicted molar refractivity (Wildman–Crippen MR) is 75.7 cm³/mol. The molecule has 0 bridgehead atoms. The topological polar surface area (TPSA) is 43.8 Å². The second kappa shape index (κ2) is 5.80. The van der Waals surface area contributed by atoms with Crippen LogP contribution in [-0.2, 0) is 0 Å². The Morgan fingerprint density at radius 1 is 1.53 bits per heavy atom. The van der Waals surface area contributed by atoms with Crippen molar-refractivity contribution in [2.75, 3.05) is 27.2 Å². The van der Waals surface area contributed by atoms with E-state index in [4.69, 9.17) is 11.6 Å². The lowest BCUT2D eigenvalue weighted by Gasteiger charge is -2.36. The van der Waals surface area contributed by atoms with Crippen molar-refractivity contribution in [3.63, 3.8) is 0 Å². The number of halogens is 1. The van der Waals surface area contributed by atoms with E-state index in [1.54, 1.807) is 18.0 Å². The van der Waals surface area contributed by atoms with E-state index in [-0.39, 0.29) is 17.7 Å². The number of piperidine rings is 1. The number of likely N-dealkylation sites (tertiary alicyclic amines) is 1. The Kier molecular flexibility index (Phi) is 4.32. The molecule has 4 nitrogen and oxygen atoms in total. The van der Waals surface area contributed by atoms with Gasteiger partial charge in [-0.1, -0.05) is 11.6 Å². The standard InChI is InChI=1S/C14H19ClN2O2/c1-16-7-3-4-10(9-16)17(2)14(19)12-8-11(18)5-6-13(12)15/h5-6,8,10,18H,3-4,7,9H2,1-2H3. The smallest absolute Gasteiger partial charge is 0.255 e. The van der Waals surface area contributed by atoms with Crippen molar-refractivity contribution in [3.05, 3.63) is 28.8 Å². The first-order valence-corrected chi connectivity index (χ1v) is 6.81. The summed E-state index contributed by atoms with van der Waals surface area (Å²) < 4.78 is 0. The maximum absolute atomic E-state index is 12.4. The van der Waals surface area contributed by atoms with Crippen LogP contribution >= 0.6 is 11.6 Å². The molecular formula is C14H19ClN2O2. The Hall–Kier alpha value is -1.26. The second-order valence-electron chi connectivity index (χ2n) is 5.14. The van der Waals surface area contributed by atoms with Crippen LogP contribution in [-0.4, -0.2) is 54.0 Å². The van der Waals surface area contributed by atoms with Crippen molar-refractivity contribution < 1.29 is 9.90 Å². The van der Waals surface area contributed by atoms with Crippen LogP contribution in [0.25, 0.3) is 0 Å². The minimum atomic E-state index is -0.138. The summed E-state index contributed by atoms with van der Waals surface area (Å²) in [4.78, 5) is 16.4. The first-order chi connectivity index (χ1) is 8.99. The van der Waals surface area contributed by atoms with Crippen LogP contribution in [0.5, 0.6) is 5.75 Å². The highest BCUT2D eigenvalue weighted by Crippen LogP contribution is 2.24. The van der Waals surface area contributed by atoms with Gasteiger partial charge in [0.15, 0.2) is 0 Å². The average molecular weight is 283 g/mol. The fourth-order valence-electron chi connectivity index (χ4n) is 2.49. The number of carbonyl (C=O) groups is 1. The van der Waals surface area contributed by atoms with E-state index in [9.17, 15) is 9.90 Å². The van der Waals surface area contributed by atoms with E-state index in [1.807, 2.05) is 0 Å². The molecule has 0 spiro atoms. The van der Waals surface area contributed by atoms with Crippen LogP contribution < -0.4 is 0 Å². The maximum Gasteiger partial charge on any atom is 0.255 e. The summed E-state index contributed by atoms with van der Waals surface area (Å²) in [7, 11) is 3.86. The zero-order valence-electron chi connectivity index (χ0n) is 11.3. The van der Waals surface area contributed by atoms with E-state index < -0.39 is 0 Å². The number of hydrogen-bond acceptors (Lipinski definition) is 3. The molecule has 0 radical (unpaired) electrons. The highest BCUT2D eigenvalue weighted by Gasteiger charge is 2.26. The van der Waals surface area contributed by atoms with Crippen LogP contribution in [0.15, 0.2) is 18.2 Å². The molecule has 1 heterocycles. The first kappa shape index (κ1) is 14.2. The minimum Gasteiger partial charge on any atom is -0.508 e. The Balaban J connectivity index is 2.16. The third-order valence-electron chi connectivity index (χ3n) is 3.65. The Labute approximate surface area is 118 Å². The maximum atomic E-state index is 12.4. The van der Waals surface area contributed by atoms with Gasteiger partial charge in [-0.2, -0.15) is 0 Å². The van der Waals surface area contributed by atoms with Gasteiger partial charge >= 0.3 is 0 Å². The van der Waals surface area contributed by atoms with Gasteiger partial charge in [-0.3, -0.25) is 4.79 Å². The van der Waals surface area contributed by atoms with Gasteiger partial charge in [-0.05, 0) is 44.6 Å². The lowest BCUT2D eigenvalue weighted by Crippen LogP contribution is -2.47. The summed E-state index contributed by atoms with van der Waals surface area (Å²) in [6, 6.07) is 4.65. The zero-order chi connectivity index (χ0) is 14.0. The monoisotopic (exact) mass is 282 g/mol. The molecule has 0 saturated carbocycles. The molecule has 1 aliphatic heterocycles. The summed E-state index contributed by atoms with van der Waals surface area (Å²) in [5.41, 5.74) is 0.359. The number of phenols is 1. The quantitative estimate of drug-likeness (QED) is 0.904. The van der Waals surface area contributed by atoms with Gasteiger partial charge in [0, 0.05) is 19.6 Å². The van der Waals surface area contributed by atoms with E-state index in [0.717, 1.165) is 25.9 Å². The number of hydrogen-bond donors (Lipinski definition) is 1. The fourth-order valence-corrected chi connectivity index (χ4v) is 2.69. The van der Waals surface area contributed by atoms with Gasteiger partial charge < -0.3 is 14.9 Å². The molecule has 0 aliphatic carbocycles. The van der Waals surface area contributed by atoms with E-state index in [0.29, 0.717) is 10.6 Å². The molecule has 5 heteroatoms. The Bertz CT molecular complexity index is 479. The van der Waals surface area contributed by atoms with Crippen LogP contribution in [0.1, 0.15) is 23.2 Å². The number of benzene rings is 1. The molecule has 0 aromatic heterocycles. The summed E-state index contributed by atoms with van der Waals surface area (Å²) >= 11 is 6.03. The Morgan fingerprint density at radius 3 is 2.95 bits per heavy atom. The first-order valence-electron chi connectivity index (χ1n) is 6.43. The molecule has 1 N–H and O–H groups in total. The average Bonchev–Trinajstić information content (AvgIpc) is 2.40. The predicted octanol–water partition coefficient (Wildman–Crippen LogP) is 2.21. The molecule has 2 rings (SSSR count). The third-order valence-corrected chi connectivity index (χ3v) is 3.98. The molecule has 1 amide bonds. The van der Waals surface area contributed by atoms with Gasteiger partial charge in [-0.25, -0.2) is 0 Å². The number of nitrogens with zero attached hydrogens (tertiary/aromatic N) is 2. The number of phenolic OH excluding ortho intramolecular Hbond substituents is 1. The molecule has 1 unspecified atom stereocenters. The normalized spacial score (nSPS) is 20.3. The second-order valence-corrected chi connectivity index (χ2v) is 5.55. The van der Waals surface area contributed by atoms with Gasteiger partial charge in [0.05, 0.1) is 10.6 Å². The largest absolute Gasteiger partial charge is 0.508 e. The lowest BCUT2D eigenvalue weighted by molar-refractivity contribution is 0.0644. The summed E-state index contributed by atoms with van der Waals surface area (Å²) in [5.74, 6) is -0.0805. The number of carbonyl (C=O) groups excluding carboxylic acids is 1. The van der Waals surface area contributed by atoms with E-state index >= 15 is 0 Å². The number of rotatable bonds is 2. The van der Waals surface area contributed by atoms with Crippen molar-refractivity contribution in [2.24, 2.45) is 0 Å². The van der Waals surface area contributed by atoms with Crippen molar-refractivity contribution in [2.45, 2.75) is 18.9 Å². The molecule has 1 fully saturated rings. The molecule has 1 aromatic carbocycles. The van der Waals surface area contributed by atoms with E-state index in [2.05, 4.69) is 11.9 Å². The minimum absolute atomic E-state index is 0.0573. The highest BCUT2D eigenvalue weighted by atomic mass is 35.5. The Morgan fingerprint density at radius 2 is 2.26 bits per heavy atom. The van der Waals surface area contributed by atoms with Crippen molar-refractivity contribution in [1.29, 1.82) is 0 Å². The van der Waals surface area contributed by atoms with E-state index in [1.165, 1.54) is 12.1 Å². The van der Waals surface area contributed by atoms with Gasteiger partial charge in [0.25, 0.3) is 5.91 Å². The highest BCUT2D eigenvalue weighted by molar-refractivity contribution is 6.33. The van der Waals surface area contributed by atoms with Gasteiger partial charge in [-0.15, -0.1) is 0 Å².